The molecule has 2 unspecified atom stereocenters. The van der Waals surface area contributed by atoms with Crippen LogP contribution < -0.4 is 35.9 Å². The minimum absolute atomic E-state index is 0. The van der Waals surface area contributed by atoms with E-state index in [0.717, 1.165) is 47.9 Å². The SMILES string of the molecule is CCOC(=O)C[N+]12CCc3cc4c(cc3C1Cc1ccc(OC)c(OC)c1C2)OCO4.[Br-]. The van der Waals surface area contributed by atoms with Gasteiger partial charge in [0, 0.05) is 18.4 Å². The summed E-state index contributed by atoms with van der Waals surface area (Å²) in [6.07, 6.45) is 1.67. The molecule has 0 N–H and O–H groups in total. The number of hydrogen-bond donors (Lipinski definition) is 0. The maximum atomic E-state index is 12.7. The zero-order valence-corrected chi connectivity index (χ0v) is 20.2. The summed E-state index contributed by atoms with van der Waals surface area (Å²) < 4.78 is 28.6. The van der Waals surface area contributed by atoms with Gasteiger partial charge in [0.25, 0.3) is 0 Å². The van der Waals surface area contributed by atoms with Crippen LogP contribution in [0.5, 0.6) is 23.0 Å². The fourth-order valence-corrected chi connectivity index (χ4v) is 5.44. The van der Waals surface area contributed by atoms with Gasteiger partial charge < -0.3 is 45.1 Å². The van der Waals surface area contributed by atoms with Crippen LogP contribution in [0.1, 0.15) is 35.2 Å². The summed E-state index contributed by atoms with van der Waals surface area (Å²) in [6.45, 7) is 4.34. The van der Waals surface area contributed by atoms with Crippen LogP contribution in [0.4, 0.5) is 0 Å². The molecule has 172 valence electrons. The Kier molecular flexibility index (Phi) is 6.27. The molecule has 0 radical (unpaired) electrons. The maximum absolute atomic E-state index is 12.7. The molecule has 3 aliphatic rings. The fraction of sp³-hybridized carbons (Fsp3) is 0.458. The Balaban J connectivity index is 0.00000245. The van der Waals surface area contributed by atoms with Gasteiger partial charge in [0.05, 0.1) is 32.9 Å². The fourth-order valence-electron chi connectivity index (χ4n) is 5.44. The van der Waals surface area contributed by atoms with Crippen molar-refractivity contribution in [3.8, 4) is 23.0 Å². The van der Waals surface area contributed by atoms with E-state index in [1.165, 1.54) is 16.7 Å². The lowest BCUT2D eigenvalue weighted by molar-refractivity contribution is -0.967. The zero-order chi connectivity index (χ0) is 21.6. The van der Waals surface area contributed by atoms with Gasteiger partial charge in [0.2, 0.25) is 6.79 Å². The van der Waals surface area contributed by atoms with Crippen molar-refractivity contribution in [1.29, 1.82) is 0 Å². The Morgan fingerprint density at radius 3 is 2.62 bits per heavy atom. The summed E-state index contributed by atoms with van der Waals surface area (Å²) in [5.41, 5.74) is 4.85. The Morgan fingerprint density at radius 1 is 1.12 bits per heavy atom. The van der Waals surface area contributed by atoms with Crippen molar-refractivity contribution in [3.63, 3.8) is 0 Å². The Labute approximate surface area is 198 Å². The molecule has 0 aliphatic carbocycles. The van der Waals surface area contributed by atoms with E-state index < -0.39 is 0 Å². The number of ether oxygens (including phenoxy) is 5. The van der Waals surface area contributed by atoms with Crippen molar-refractivity contribution < 1.29 is 49.9 Å². The first-order valence-electron chi connectivity index (χ1n) is 10.7. The molecule has 0 saturated carbocycles. The first kappa shape index (κ1) is 22.7. The molecule has 7 nitrogen and oxygen atoms in total. The summed E-state index contributed by atoms with van der Waals surface area (Å²) in [7, 11) is 3.32. The smallest absolute Gasteiger partial charge is 0.361 e. The van der Waals surface area contributed by atoms with E-state index >= 15 is 0 Å². The average Bonchev–Trinajstić information content (AvgIpc) is 3.23. The zero-order valence-electron chi connectivity index (χ0n) is 18.6. The molecular weight excluding hydrogens is 478 g/mol. The van der Waals surface area contributed by atoms with Gasteiger partial charge in [-0.1, -0.05) is 6.07 Å². The lowest BCUT2D eigenvalue weighted by Gasteiger charge is -2.50. The van der Waals surface area contributed by atoms with Crippen LogP contribution in [0.3, 0.4) is 0 Å². The molecule has 0 saturated heterocycles. The number of rotatable bonds is 5. The lowest BCUT2D eigenvalue weighted by Crippen LogP contribution is -3.00. The van der Waals surface area contributed by atoms with Gasteiger partial charge in [-0.15, -0.1) is 0 Å². The van der Waals surface area contributed by atoms with Crippen LogP contribution in [0.15, 0.2) is 24.3 Å². The number of carbonyl (C=O) groups is 1. The molecule has 0 spiro atoms. The monoisotopic (exact) mass is 505 g/mol. The summed E-state index contributed by atoms with van der Waals surface area (Å²) >= 11 is 0. The second kappa shape index (κ2) is 8.83. The van der Waals surface area contributed by atoms with Crippen LogP contribution in [-0.2, 0) is 28.9 Å². The van der Waals surface area contributed by atoms with Crippen LogP contribution >= 0.6 is 0 Å². The van der Waals surface area contributed by atoms with Crippen molar-refractivity contribution in [1.82, 2.24) is 0 Å². The highest BCUT2D eigenvalue weighted by molar-refractivity contribution is 5.71. The standard InChI is InChI=1S/C24H28NO6.BrH/c1-4-29-23(26)13-25-8-7-16-10-21-22(31-14-30-21)11-17(16)19(25)9-15-5-6-20(27-2)24(28-3)18(15)12-25;/h5-6,10-11,19H,4,7-9,12-14H2,1-3H3;1H/q+1;/p-1. The van der Waals surface area contributed by atoms with Crippen LogP contribution in [0.25, 0.3) is 0 Å². The van der Waals surface area contributed by atoms with E-state index in [4.69, 9.17) is 23.7 Å². The number of quaternary nitrogens is 1. The molecule has 2 aromatic rings. The number of benzene rings is 2. The normalized spacial score (nSPS) is 22.0. The molecular formula is C24H28BrNO6. The van der Waals surface area contributed by atoms with Crippen molar-refractivity contribution in [2.45, 2.75) is 32.4 Å². The van der Waals surface area contributed by atoms with Crippen molar-refractivity contribution in [3.05, 3.63) is 46.5 Å². The summed E-state index contributed by atoms with van der Waals surface area (Å²) in [5.74, 6) is 2.91. The van der Waals surface area contributed by atoms with E-state index in [9.17, 15) is 4.79 Å². The molecule has 3 heterocycles. The third kappa shape index (κ3) is 3.59. The second-order valence-corrected chi connectivity index (χ2v) is 8.38. The van der Waals surface area contributed by atoms with Gasteiger partial charge in [0.15, 0.2) is 29.5 Å². The topological polar surface area (TPSA) is 63.2 Å². The number of halogens is 1. The molecule has 2 aromatic carbocycles. The van der Waals surface area contributed by atoms with Gasteiger partial charge in [0.1, 0.15) is 12.6 Å². The van der Waals surface area contributed by atoms with Crippen LogP contribution in [0.2, 0.25) is 0 Å². The number of fused-ring (bicyclic) bond motifs is 5. The van der Waals surface area contributed by atoms with Crippen molar-refractivity contribution in [2.24, 2.45) is 0 Å². The molecule has 0 amide bonds. The molecule has 0 aromatic heterocycles. The summed E-state index contributed by atoms with van der Waals surface area (Å²) in [4.78, 5) is 12.7. The van der Waals surface area contributed by atoms with E-state index in [2.05, 4.69) is 18.2 Å². The predicted octanol–water partition coefficient (Wildman–Crippen LogP) is 0.170. The predicted molar refractivity (Wildman–Crippen MR) is 113 cm³/mol. The van der Waals surface area contributed by atoms with E-state index in [-0.39, 0.29) is 35.8 Å². The van der Waals surface area contributed by atoms with E-state index in [1.54, 1.807) is 14.2 Å². The lowest BCUT2D eigenvalue weighted by atomic mass is 9.80. The Hall–Kier alpha value is -2.45. The minimum Gasteiger partial charge on any atom is -1.00 e. The largest absolute Gasteiger partial charge is 1.00 e. The molecule has 5 rings (SSSR count). The molecule has 8 heteroatoms. The highest BCUT2D eigenvalue weighted by Gasteiger charge is 2.49. The van der Waals surface area contributed by atoms with Gasteiger partial charge in [-0.25, -0.2) is 4.79 Å². The molecule has 2 atom stereocenters. The van der Waals surface area contributed by atoms with Crippen LogP contribution in [0, 0.1) is 0 Å². The second-order valence-electron chi connectivity index (χ2n) is 8.38. The summed E-state index contributed by atoms with van der Waals surface area (Å²) in [5, 5.41) is 0. The van der Waals surface area contributed by atoms with E-state index in [0.29, 0.717) is 24.2 Å². The Morgan fingerprint density at radius 2 is 1.91 bits per heavy atom. The number of carbonyl (C=O) groups excluding carboxylic acids is 1. The van der Waals surface area contributed by atoms with Crippen molar-refractivity contribution in [2.75, 3.05) is 40.7 Å². The third-order valence-corrected chi connectivity index (χ3v) is 6.86. The van der Waals surface area contributed by atoms with Crippen molar-refractivity contribution >= 4 is 5.97 Å². The quantitative estimate of drug-likeness (QED) is 0.426. The summed E-state index contributed by atoms with van der Waals surface area (Å²) in [6, 6.07) is 8.45. The molecule has 32 heavy (non-hydrogen) atoms. The number of esters is 1. The van der Waals surface area contributed by atoms with E-state index in [1.807, 2.05) is 13.0 Å². The number of methoxy groups -OCH3 is 2. The highest BCUT2D eigenvalue weighted by Crippen LogP contribution is 2.50. The first-order valence-corrected chi connectivity index (χ1v) is 10.7. The molecule has 0 fully saturated rings. The van der Waals surface area contributed by atoms with Gasteiger partial charge >= 0.3 is 5.97 Å². The number of nitrogens with zero attached hydrogens (tertiary/aromatic N) is 1. The minimum atomic E-state index is -0.165. The molecule has 3 aliphatic heterocycles. The maximum Gasteiger partial charge on any atom is 0.361 e. The first-order chi connectivity index (χ1) is 15.1. The Bertz CT molecular complexity index is 1040. The van der Waals surface area contributed by atoms with Gasteiger partial charge in [-0.3, -0.25) is 0 Å². The van der Waals surface area contributed by atoms with Gasteiger partial charge in [-0.2, -0.15) is 0 Å². The molecule has 0 bridgehead atoms. The van der Waals surface area contributed by atoms with Gasteiger partial charge in [-0.05, 0) is 36.2 Å². The number of hydrogen-bond acceptors (Lipinski definition) is 6. The van der Waals surface area contributed by atoms with Crippen LogP contribution in [-0.4, -0.2) is 51.2 Å². The highest BCUT2D eigenvalue weighted by atomic mass is 79.9. The third-order valence-electron chi connectivity index (χ3n) is 6.86. The average molecular weight is 506 g/mol.